The largest absolute Gasteiger partial charge is 0.394 e. The first kappa shape index (κ1) is 73.5. The van der Waals surface area contributed by atoms with Crippen LogP contribution in [0.25, 0.3) is 0 Å². The third-order valence-electron chi connectivity index (χ3n) is 16.3. The number of hydrogen-bond acceptors (Lipinski definition) is 18. The average Bonchev–Trinajstić information content (AvgIpc) is 3.51. The lowest BCUT2D eigenvalue weighted by atomic mass is 9.96. The molecule has 3 heterocycles. The Hall–Kier alpha value is -1.73. The molecule has 3 rings (SSSR count). The van der Waals surface area contributed by atoms with Gasteiger partial charge in [0.05, 0.1) is 38.6 Å². The van der Waals surface area contributed by atoms with Crippen LogP contribution in [0.4, 0.5) is 0 Å². The van der Waals surface area contributed by atoms with Crippen LogP contribution in [-0.4, -0.2) is 193 Å². The summed E-state index contributed by atoms with van der Waals surface area (Å²) in [5.74, 6) is -0.282. The topological polar surface area (TPSA) is 307 Å². The van der Waals surface area contributed by atoms with E-state index in [2.05, 4.69) is 31.3 Å². The minimum absolute atomic E-state index is 0.240. The van der Waals surface area contributed by atoms with Gasteiger partial charge >= 0.3 is 0 Å². The number of aliphatic hydroxyl groups is 11. The number of hydrogen-bond donors (Lipinski definition) is 12. The Morgan fingerprint density at radius 2 is 0.790 bits per heavy atom. The van der Waals surface area contributed by atoms with Gasteiger partial charge in [0.2, 0.25) is 5.91 Å². The number of aliphatic hydroxyl groups excluding tert-OH is 11. The highest BCUT2D eigenvalue weighted by Crippen LogP contribution is 2.33. The lowest BCUT2D eigenvalue weighted by Gasteiger charge is -2.48. The highest BCUT2D eigenvalue weighted by atomic mass is 16.8. The summed E-state index contributed by atoms with van der Waals surface area (Å²) >= 11 is 0. The van der Waals surface area contributed by atoms with Gasteiger partial charge in [-0.05, 0) is 32.1 Å². The minimum Gasteiger partial charge on any atom is -0.394 e. The van der Waals surface area contributed by atoms with E-state index in [-0.39, 0.29) is 18.9 Å². The van der Waals surface area contributed by atoms with Crippen molar-refractivity contribution in [3.05, 3.63) is 24.3 Å². The second kappa shape index (κ2) is 45.6. The lowest BCUT2D eigenvalue weighted by molar-refractivity contribution is -0.379. The van der Waals surface area contributed by atoms with Crippen molar-refractivity contribution in [3.8, 4) is 0 Å². The molecule has 0 spiro atoms. The molecule has 0 bridgehead atoms. The number of amides is 1. The van der Waals surface area contributed by atoms with Gasteiger partial charge in [-0.2, -0.15) is 0 Å². The smallest absolute Gasteiger partial charge is 0.220 e. The molecule has 3 fully saturated rings. The van der Waals surface area contributed by atoms with Gasteiger partial charge in [-0.3, -0.25) is 4.79 Å². The van der Waals surface area contributed by atoms with E-state index in [1.165, 1.54) is 161 Å². The Morgan fingerprint density at radius 1 is 0.432 bits per heavy atom. The third kappa shape index (κ3) is 29.0. The van der Waals surface area contributed by atoms with Crippen molar-refractivity contribution < 1.29 is 89.4 Å². The molecule has 0 aromatic heterocycles. The molecular formula is C62H115NO18. The number of carbonyl (C=O) groups excluding carboxylic acids is 1. The summed E-state index contributed by atoms with van der Waals surface area (Å²) in [7, 11) is 0. The summed E-state index contributed by atoms with van der Waals surface area (Å²) in [6.45, 7) is 1.72. The normalized spacial score (nSPS) is 29.9. The first-order valence-corrected chi connectivity index (χ1v) is 32.1. The molecule has 0 aromatic carbocycles. The Kier molecular flexibility index (Phi) is 41.4. The number of carbonyl (C=O) groups is 1. The molecule has 3 aliphatic rings. The van der Waals surface area contributed by atoms with E-state index < -0.39 is 124 Å². The van der Waals surface area contributed by atoms with Crippen LogP contribution in [0.5, 0.6) is 0 Å². The molecule has 476 valence electrons. The third-order valence-corrected chi connectivity index (χ3v) is 16.3. The molecule has 0 aromatic rings. The fourth-order valence-corrected chi connectivity index (χ4v) is 11.0. The highest BCUT2D eigenvalue weighted by molar-refractivity contribution is 5.76. The van der Waals surface area contributed by atoms with Gasteiger partial charge in [0.15, 0.2) is 18.9 Å². The fourth-order valence-electron chi connectivity index (χ4n) is 11.0. The van der Waals surface area contributed by atoms with Crippen molar-refractivity contribution in [2.75, 3.05) is 26.4 Å². The van der Waals surface area contributed by atoms with E-state index in [9.17, 15) is 61.0 Å². The van der Waals surface area contributed by atoms with E-state index in [0.29, 0.717) is 12.8 Å². The summed E-state index contributed by atoms with van der Waals surface area (Å²) in [5.41, 5.74) is 0. The molecule has 81 heavy (non-hydrogen) atoms. The van der Waals surface area contributed by atoms with Crippen molar-refractivity contribution in [2.24, 2.45) is 0 Å². The second-order valence-electron chi connectivity index (χ2n) is 23.2. The van der Waals surface area contributed by atoms with Crippen LogP contribution in [0, 0.1) is 0 Å². The fraction of sp³-hybridized carbons (Fsp3) is 0.919. The zero-order valence-corrected chi connectivity index (χ0v) is 49.8. The Morgan fingerprint density at radius 3 is 1.23 bits per heavy atom. The molecular weight excluding hydrogens is 1050 g/mol. The maximum atomic E-state index is 13.4. The molecule has 12 N–H and O–H groups in total. The van der Waals surface area contributed by atoms with Gasteiger partial charge in [-0.25, -0.2) is 0 Å². The summed E-state index contributed by atoms with van der Waals surface area (Å²) in [4.78, 5) is 13.4. The van der Waals surface area contributed by atoms with Crippen molar-refractivity contribution >= 4 is 5.91 Å². The van der Waals surface area contributed by atoms with Gasteiger partial charge in [0, 0.05) is 6.42 Å². The van der Waals surface area contributed by atoms with Crippen molar-refractivity contribution in [1.29, 1.82) is 0 Å². The predicted octanol–water partition coefficient (Wildman–Crippen LogP) is 6.71. The van der Waals surface area contributed by atoms with Crippen molar-refractivity contribution in [2.45, 2.75) is 336 Å². The van der Waals surface area contributed by atoms with Crippen LogP contribution < -0.4 is 5.32 Å². The van der Waals surface area contributed by atoms with E-state index in [0.717, 1.165) is 38.5 Å². The number of ether oxygens (including phenoxy) is 6. The summed E-state index contributed by atoms with van der Waals surface area (Å²) in [6.07, 6.45) is 21.6. The zero-order chi connectivity index (χ0) is 59.0. The molecule has 19 nitrogen and oxygen atoms in total. The first-order valence-electron chi connectivity index (χ1n) is 32.1. The molecule has 0 aliphatic carbocycles. The molecule has 1 amide bonds. The number of nitrogens with one attached hydrogen (secondary N) is 1. The summed E-state index contributed by atoms with van der Waals surface area (Å²) in [6, 6.07) is -0.985. The van der Waals surface area contributed by atoms with Crippen LogP contribution in [0.3, 0.4) is 0 Å². The molecule has 3 saturated heterocycles. The molecule has 17 atom stereocenters. The van der Waals surface area contributed by atoms with E-state index in [1.54, 1.807) is 6.08 Å². The standard InChI is InChI=1S/C62H115NO18/c1-3-5-7-9-11-13-15-17-19-21-22-23-24-26-28-30-32-34-36-38-40-50(68)63-45(46(67)39-37-35-33-31-29-27-25-20-18-16-14-12-10-8-6-4-2)44-76-60-56(74)53(71)58(48(42-65)78-60)81-62-57(75)54(72)59(49(43-66)79-62)80-61-55(73)52(70)51(69)47(41-64)77-61/h29,31,37,39,45-49,51-62,64-67,69-75H,3-28,30,32-36,38,40-44H2,1-2H3,(H,63,68)/b31-29+,39-37+. The molecule has 0 radical (unpaired) electrons. The monoisotopic (exact) mass is 1160 g/mol. The maximum Gasteiger partial charge on any atom is 0.220 e. The lowest BCUT2D eigenvalue weighted by Crippen LogP contribution is -2.66. The first-order chi connectivity index (χ1) is 39.3. The summed E-state index contributed by atoms with van der Waals surface area (Å²) < 4.78 is 34.3. The number of unbranched alkanes of at least 4 members (excludes halogenated alkanes) is 30. The summed E-state index contributed by atoms with van der Waals surface area (Å²) in [5, 5.41) is 120. The van der Waals surface area contributed by atoms with Crippen LogP contribution in [-0.2, 0) is 33.2 Å². The Labute approximate surface area is 486 Å². The van der Waals surface area contributed by atoms with Crippen LogP contribution in [0.2, 0.25) is 0 Å². The second-order valence-corrected chi connectivity index (χ2v) is 23.2. The molecule has 0 saturated carbocycles. The van der Waals surface area contributed by atoms with Gasteiger partial charge in [-0.1, -0.05) is 218 Å². The Bertz CT molecular complexity index is 1580. The van der Waals surface area contributed by atoms with Crippen molar-refractivity contribution in [3.63, 3.8) is 0 Å². The van der Waals surface area contributed by atoms with Gasteiger partial charge in [0.1, 0.15) is 73.2 Å². The minimum atomic E-state index is -1.98. The van der Waals surface area contributed by atoms with E-state index >= 15 is 0 Å². The zero-order valence-electron chi connectivity index (χ0n) is 49.8. The van der Waals surface area contributed by atoms with Gasteiger partial charge in [-0.15, -0.1) is 0 Å². The number of rotatable bonds is 48. The quantitative estimate of drug-likeness (QED) is 0.0222. The predicted molar refractivity (Wildman–Crippen MR) is 310 cm³/mol. The van der Waals surface area contributed by atoms with Crippen molar-refractivity contribution in [1.82, 2.24) is 5.32 Å². The molecule has 19 heteroatoms. The SMILES string of the molecule is CCCCCCCCCCCC/C=C/CC/C=C/C(O)C(COC1OC(CO)C(OC2OC(CO)C(OC3OC(CO)C(O)C(O)C3O)C(O)C2O)C(O)C1O)NC(=O)CCCCCCCCCCCCCCCCCCCCCC. The maximum absolute atomic E-state index is 13.4. The van der Waals surface area contributed by atoms with Crippen LogP contribution >= 0.6 is 0 Å². The van der Waals surface area contributed by atoms with E-state index in [4.69, 9.17) is 28.4 Å². The van der Waals surface area contributed by atoms with Crippen LogP contribution in [0.15, 0.2) is 24.3 Å². The average molecular weight is 1160 g/mol. The molecule has 17 unspecified atom stereocenters. The van der Waals surface area contributed by atoms with Crippen LogP contribution in [0.1, 0.15) is 232 Å². The molecule has 3 aliphatic heterocycles. The van der Waals surface area contributed by atoms with E-state index in [1.807, 2.05) is 6.08 Å². The number of allylic oxidation sites excluding steroid dienone is 3. The highest BCUT2D eigenvalue weighted by Gasteiger charge is 2.53. The van der Waals surface area contributed by atoms with Gasteiger partial charge in [0.25, 0.3) is 0 Å². The van der Waals surface area contributed by atoms with Gasteiger partial charge < -0.3 is 89.9 Å². The Balaban J connectivity index is 1.48.